The summed E-state index contributed by atoms with van der Waals surface area (Å²) in [6.07, 6.45) is 2.99. The van der Waals surface area contributed by atoms with Crippen LogP contribution in [0.15, 0.2) is 78.9 Å². The van der Waals surface area contributed by atoms with Crippen LogP contribution in [0.1, 0.15) is 42.4 Å². The van der Waals surface area contributed by atoms with Crippen LogP contribution < -0.4 is 10.1 Å². The number of methoxy groups -OCH3 is 1. The summed E-state index contributed by atoms with van der Waals surface area (Å²) in [5.41, 5.74) is 2.88. The van der Waals surface area contributed by atoms with E-state index in [-0.39, 0.29) is 30.0 Å². The molecule has 0 aliphatic carbocycles. The second-order valence-corrected chi connectivity index (χ2v) is 10.4. The number of rotatable bonds is 12. The Labute approximate surface area is 240 Å². The van der Waals surface area contributed by atoms with Crippen LogP contribution in [0, 0.1) is 11.7 Å². The smallest absolute Gasteiger partial charge is 0.328 e. The van der Waals surface area contributed by atoms with Crippen molar-refractivity contribution in [2.75, 3.05) is 20.2 Å². The molecule has 1 heterocycles. The quantitative estimate of drug-likeness (QED) is 0.320. The molecule has 0 bridgehead atoms. The van der Waals surface area contributed by atoms with E-state index in [0.717, 1.165) is 35.3 Å². The van der Waals surface area contributed by atoms with Crippen LogP contribution in [-0.4, -0.2) is 48.9 Å². The van der Waals surface area contributed by atoms with Gasteiger partial charge in [-0.1, -0.05) is 54.6 Å². The first kappa shape index (κ1) is 29.8. The Morgan fingerprint density at radius 2 is 1.56 bits per heavy atom. The van der Waals surface area contributed by atoms with Gasteiger partial charge in [-0.05, 0) is 66.1 Å². The second kappa shape index (κ2) is 15.0. The number of amides is 2. The van der Waals surface area contributed by atoms with Gasteiger partial charge in [-0.25, -0.2) is 9.18 Å². The van der Waals surface area contributed by atoms with Crippen LogP contribution in [0.3, 0.4) is 0 Å². The minimum atomic E-state index is -0.795. The third-order valence-electron chi connectivity index (χ3n) is 7.41. The number of nitrogens with one attached hydrogen (secondary N) is 1. The molecule has 0 saturated carbocycles. The summed E-state index contributed by atoms with van der Waals surface area (Å²) in [4.78, 5) is 39.8. The molecule has 0 radical (unpaired) electrons. The van der Waals surface area contributed by atoms with Gasteiger partial charge in [-0.15, -0.1) is 0 Å². The lowest BCUT2D eigenvalue weighted by Crippen LogP contribution is -2.44. The van der Waals surface area contributed by atoms with Crippen molar-refractivity contribution in [1.29, 1.82) is 0 Å². The standard InChI is InChI=1S/C33H37FN2O5/c1-40-33(39)30(21-25-9-14-29(15-10-25)41-23-27-5-3-2-4-6-27)35-31(37)22-26-17-19-36(20-18-26)32(38)16-11-24-7-12-28(34)13-8-24/h2-10,12-15,26,30H,11,16-23H2,1H3,(H,35,37)/t30-/m0/s1. The first-order valence-corrected chi connectivity index (χ1v) is 14.0. The van der Waals surface area contributed by atoms with Gasteiger partial charge in [0, 0.05) is 32.4 Å². The molecule has 1 aliphatic rings. The Kier molecular flexibility index (Phi) is 10.9. The number of hydrogen-bond donors (Lipinski definition) is 1. The third kappa shape index (κ3) is 9.45. The Morgan fingerprint density at radius 1 is 0.902 bits per heavy atom. The van der Waals surface area contributed by atoms with Gasteiger partial charge in [0.05, 0.1) is 7.11 Å². The van der Waals surface area contributed by atoms with Crippen molar-refractivity contribution in [3.63, 3.8) is 0 Å². The number of aryl methyl sites for hydroxylation is 1. The monoisotopic (exact) mass is 560 g/mol. The molecule has 0 unspecified atom stereocenters. The fourth-order valence-corrected chi connectivity index (χ4v) is 5.00. The van der Waals surface area contributed by atoms with Crippen molar-refractivity contribution < 1.29 is 28.2 Å². The van der Waals surface area contributed by atoms with E-state index in [1.807, 2.05) is 59.5 Å². The zero-order valence-corrected chi connectivity index (χ0v) is 23.4. The number of piperidine rings is 1. The number of carbonyl (C=O) groups is 3. The lowest BCUT2D eigenvalue weighted by molar-refractivity contribution is -0.145. The molecule has 0 spiro atoms. The maximum absolute atomic E-state index is 13.1. The largest absolute Gasteiger partial charge is 0.489 e. The van der Waals surface area contributed by atoms with Crippen LogP contribution in [0.4, 0.5) is 4.39 Å². The molecule has 3 aromatic rings. The molecule has 2 amide bonds. The number of nitrogens with zero attached hydrogens (tertiary/aromatic N) is 1. The van der Waals surface area contributed by atoms with Gasteiger partial charge >= 0.3 is 5.97 Å². The highest BCUT2D eigenvalue weighted by Gasteiger charge is 2.27. The summed E-state index contributed by atoms with van der Waals surface area (Å²) in [6, 6.07) is 22.8. The van der Waals surface area contributed by atoms with E-state index >= 15 is 0 Å². The average Bonchev–Trinajstić information content (AvgIpc) is 3.00. The SMILES string of the molecule is COC(=O)[C@H](Cc1ccc(OCc2ccccc2)cc1)NC(=O)CC1CCN(C(=O)CCc2ccc(F)cc2)CC1. The number of ether oxygens (including phenoxy) is 2. The van der Waals surface area contributed by atoms with E-state index in [9.17, 15) is 18.8 Å². The maximum Gasteiger partial charge on any atom is 0.328 e. The van der Waals surface area contributed by atoms with Gasteiger partial charge in [0.25, 0.3) is 0 Å². The highest BCUT2D eigenvalue weighted by atomic mass is 19.1. The molecule has 1 atom stereocenters. The zero-order valence-electron chi connectivity index (χ0n) is 23.4. The van der Waals surface area contributed by atoms with Gasteiger partial charge < -0.3 is 19.7 Å². The van der Waals surface area contributed by atoms with E-state index in [1.165, 1.54) is 19.2 Å². The molecule has 41 heavy (non-hydrogen) atoms. The number of carbonyl (C=O) groups excluding carboxylic acids is 3. The van der Waals surface area contributed by atoms with Crippen LogP contribution >= 0.6 is 0 Å². The summed E-state index contributed by atoms with van der Waals surface area (Å²) < 4.78 is 23.9. The molecule has 1 saturated heterocycles. The zero-order chi connectivity index (χ0) is 29.0. The highest BCUT2D eigenvalue weighted by molar-refractivity contribution is 5.84. The minimum Gasteiger partial charge on any atom is -0.489 e. The Balaban J connectivity index is 1.20. The van der Waals surface area contributed by atoms with Gasteiger partial charge in [-0.2, -0.15) is 0 Å². The maximum atomic E-state index is 13.1. The fourth-order valence-electron chi connectivity index (χ4n) is 5.00. The molecule has 8 heteroatoms. The summed E-state index contributed by atoms with van der Waals surface area (Å²) >= 11 is 0. The van der Waals surface area contributed by atoms with E-state index in [0.29, 0.717) is 39.0 Å². The number of benzene rings is 3. The second-order valence-electron chi connectivity index (χ2n) is 10.4. The van der Waals surface area contributed by atoms with Crippen LogP contribution in [0.5, 0.6) is 5.75 Å². The van der Waals surface area contributed by atoms with Crippen molar-refractivity contribution in [3.05, 3.63) is 101 Å². The molecular formula is C33H37FN2O5. The molecule has 0 aromatic heterocycles. The fraction of sp³-hybridized carbons (Fsp3) is 0.364. The van der Waals surface area contributed by atoms with Gasteiger partial charge in [0.15, 0.2) is 0 Å². The summed E-state index contributed by atoms with van der Waals surface area (Å²) in [6.45, 7) is 1.66. The summed E-state index contributed by atoms with van der Waals surface area (Å²) in [5, 5.41) is 2.85. The van der Waals surface area contributed by atoms with Crippen LogP contribution in [0.25, 0.3) is 0 Å². The molecule has 7 nitrogen and oxygen atoms in total. The van der Waals surface area contributed by atoms with Crippen molar-refractivity contribution in [1.82, 2.24) is 10.2 Å². The van der Waals surface area contributed by atoms with Crippen LogP contribution in [-0.2, 0) is 38.6 Å². The van der Waals surface area contributed by atoms with E-state index in [2.05, 4.69) is 5.32 Å². The molecular weight excluding hydrogens is 523 g/mol. The summed E-state index contributed by atoms with van der Waals surface area (Å²) in [7, 11) is 1.31. The van der Waals surface area contributed by atoms with E-state index in [4.69, 9.17) is 9.47 Å². The summed E-state index contributed by atoms with van der Waals surface area (Å²) in [5.74, 6) is -0.0665. The van der Waals surface area contributed by atoms with Crippen molar-refractivity contribution >= 4 is 17.8 Å². The molecule has 1 N–H and O–H groups in total. The van der Waals surface area contributed by atoms with Gasteiger partial charge in [0.2, 0.25) is 11.8 Å². The van der Waals surface area contributed by atoms with Crippen molar-refractivity contribution in [2.45, 2.75) is 51.2 Å². The topological polar surface area (TPSA) is 84.9 Å². The molecule has 1 aliphatic heterocycles. The predicted molar refractivity (Wildman–Crippen MR) is 154 cm³/mol. The highest BCUT2D eigenvalue weighted by Crippen LogP contribution is 2.22. The van der Waals surface area contributed by atoms with Crippen molar-refractivity contribution in [2.24, 2.45) is 5.92 Å². The predicted octanol–water partition coefficient (Wildman–Crippen LogP) is 4.87. The van der Waals surface area contributed by atoms with Crippen LogP contribution in [0.2, 0.25) is 0 Å². The average molecular weight is 561 g/mol. The van der Waals surface area contributed by atoms with Crippen molar-refractivity contribution in [3.8, 4) is 5.75 Å². The molecule has 1 fully saturated rings. The van der Waals surface area contributed by atoms with E-state index < -0.39 is 12.0 Å². The number of esters is 1. The Morgan fingerprint density at radius 3 is 2.22 bits per heavy atom. The first-order valence-electron chi connectivity index (χ1n) is 14.0. The number of likely N-dealkylation sites (tertiary alicyclic amines) is 1. The Hall–Kier alpha value is -4.20. The number of halogens is 1. The normalized spacial score (nSPS) is 14.2. The minimum absolute atomic E-state index is 0.0690. The molecule has 3 aromatic carbocycles. The van der Waals surface area contributed by atoms with Gasteiger partial charge in [0.1, 0.15) is 24.2 Å². The first-order chi connectivity index (χ1) is 19.9. The lowest BCUT2D eigenvalue weighted by atomic mass is 9.92. The van der Waals surface area contributed by atoms with Gasteiger partial charge in [-0.3, -0.25) is 9.59 Å². The van der Waals surface area contributed by atoms with E-state index in [1.54, 1.807) is 12.1 Å². The lowest BCUT2D eigenvalue weighted by Gasteiger charge is -2.32. The third-order valence-corrected chi connectivity index (χ3v) is 7.41. The Bertz CT molecular complexity index is 1270. The number of hydrogen-bond acceptors (Lipinski definition) is 5. The molecule has 4 rings (SSSR count). The molecule has 216 valence electrons.